The summed E-state index contributed by atoms with van der Waals surface area (Å²) in [5.74, 6) is 0.196. The fourth-order valence-electron chi connectivity index (χ4n) is 3.50. The molecule has 1 heterocycles. The van der Waals surface area contributed by atoms with Crippen LogP contribution in [0.25, 0.3) is 0 Å². The first-order valence-corrected chi connectivity index (χ1v) is 11.9. The standard InChI is InChI=1S/C21H28N4OS2/c1-15-16(2)25(18-7-5-4-6-8-18)21(23-15)28-14-20(26)24-22-13-17-9-11-19(27-3)12-10-17/h9-13,18H,4-8,14H2,1-3H3,(H,24,26)/b22-13+. The van der Waals surface area contributed by atoms with Gasteiger partial charge in [-0.05, 0) is 50.6 Å². The monoisotopic (exact) mass is 416 g/mol. The van der Waals surface area contributed by atoms with E-state index in [4.69, 9.17) is 4.98 Å². The Hall–Kier alpha value is -1.73. The van der Waals surface area contributed by atoms with E-state index in [0.29, 0.717) is 11.8 Å². The van der Waals surface area contributed by atoms with Crippen molar-refractivity contribution in [1.82, 2.24) is 15.0 Å². The number of hydrogen-bond acceptors (Lipinski definition) is 5. The van der Waals surface area contributed by atoms with Crippen LogP contribution in [0.2, 0.25) is 0 Å². The van der Waals surface area contributed by atoms with Gasteiger partial charge in [0.05, 0.1) is 17.7 Å². The van der Waals surface area contributed by atoms with Gasteiger partial charge in [-0.15, -0.1) is 11.8 Å². The van der Waals surface area contributed by atoms with Crippen molar-refractivity contribution in [2.45, 2.75) is 62.0 Å². The van der Waals surface area contributed by atoms with E-state index in [1.54, 1.807) is 18.0 Å². The second-order valence-electron chi connectivity index (χ2n) is 7.08. The van der Waals surface area contributed by atoms with Gasteiger partial charge in [-0.2, -0.15) is 5.10 Å². The molecule has 5 nitrogen and oxygen atoms in total. The molecule has 0 saturated heterocycles. The highest BCUT2D eigenvalue weighted by atomic mass is 32.2. The summed E-state index contributed by atoms with van der Waals surface area (Å²) >= 11 is 3.20. The zero-order chi connectivity index (χ0) is 19.9. The van der Waals surface area contributed by atoms with Crippen molar-refractivity contribution in [2.75, 3.05) is 12.0 Å². The maximum absolute atomic E-state index is 12.2. The number of rotatable bonds is 7. The third-order valence-electron chi connectivity index (χ3n) is 5.15. The minimum Gasteiger partial charge on any atom is -0.320 e. The van der Waals surface area contributed by atoms with Crippen molar-refractivity contribution in [1.29, 1.82) is 0 Å². The van der Waals surface area contributed by atoms with E-state index in [0.717, 1.165) is 16.4 Å². The topological polar surface area (TPSA) is 59.3 Å². The molecule has 1 aromatic carbocycles. The lowest BCUT2D eigenvalue weighted by Gasteiger charge is -2.25. The predicted octanol–water partition coefficient (Wildman–Crippen LogP) is 4.97. The summed E-state index contributed by atoms with van der Waals surface area (Å²) in [5.41, 5.74) is 5.86. The van der Waals surface area contributed by atoms with Crippen LogP contribution in [0.15, 0.2) is 39.4 Å². The minimum atomic E-state index is -0.115. The zero-order valence-electron chi connectivity index (χ0n) is 16.8. The first kappa shape index (κ1) is 21.0. The van der Waals surface area contributed by atoms with Crippen LogP contribution >= 0.6 is 23.5 Å². The van der Waals surface area contributed by atoms with E-state index >= 15 is 0 Å². The molecule has 0 bridgehead atoms. The van der Waals surface area contributed by atoms with Gasteiger partial charge in [0.2, 0.25) is 0 Å². The number of thioether (sulfide) groups is 2. The van der Waals surface area contributed by atoms with Crippen molar-refractivity contribution in [2.24, 2.45) is 5.10 Å². The van der Waals surface area contributed by atoms with E-state index in [-0.39, 0.29) is 5.91 Å². The Morgan fingerprint density at radius 2 is 1.96 bits per heavy atom. The van der Waals surface area contributed by atoms with Gasteiger partial charge in [0, 0.05) is 16.6 Å². The van der Waals surface area contributed by atoms with E-state index in [1.165, 1.54) is 54.5 Å². The third kappa shape index (κ3) is 5.41. The summed E-state index contributed by atoms with van der Waals surface area (Å²) < 4.78 is 2.35. The quantitative estimate of drug-likeness (QED) is 0.393. The number of imidazole rings is 1. The number of nitrogens with zero attached hydrogens (tertiary/aromatic N) is 3. The van der Waals surface area contributed by atoms with Crippen molar-refractivity contribution in [3.63, 3.8) is 0 Å². The number of hydrazone groups is 1. The van der Waals surface area contributed by atoms with Gasteiger partial charge in [-0.1, -0.05) is 43.2 Å². The van der Waals surface area contributed by atoms with Crippen molar-refractivity contribution in [3.8, 4) is 0 Å². The Morgan fingerprint density at radius 1 is 1.25 bits per heavy atom. The summed E-state index contributed by atoms with van der Waals surface area (Å²) in [6.45, 7) is 4.18. The number of hydrogen-bond donors (Lipinski definition) is 1. The number of aromatic nitrogens is 2. The van der Waals surface area contributed by atoms with Gasteiger partial charge in [0.25, 0.3) is 5.91 Å². The molecule has 3 rings (SSSR count). The molecule has 1 saturated carbocycles. The molecule has 0 unspecified atom stereocenters. The molecule has 0 radical (unpaired) electrons. The van der Waals surface area contributed by atoms with Crippen molar-refractivity contribution < 1.29 is 4.79 Å². The van der Waals surface area contributed by atoms with Crippen LogP contribution in [0.3, 0.4) is 0 Å². The summed E-state index contributed by atoms with van der Waals surface area (Å²) in [7, 11) is 0. The second kappa shape index (κ2) is 10.2. The van der Waals surface area contributed by atoms with E-state index in [1.807, 2.05) is 37.4 Å². The molecule has 1 aliphatic rings. The smallest absolute Gasteiger partial charge is 0.250 e. The van der Waals surface area contributed by atoms with Crippen LogP contribution in [-0.4, -0.2) is 33.7 Å². The lowest BCUT2D eigenvalue weighted by molar-refractivity contribution is -0.118. The first-order chi connectivity index (χ1) is 13.6. The maximum atomic E-state index is 12.2. The van der Waals surface area contributed by atoms with Crippen LogP contribution in [0.4, 0.5) is 0 Å². The molecule has 0 atom stereocenters. The normalized spacial score (nSPS) is 15.2. The van der Waals surface area contributed by atoms with Crippen LogP contribution in [0.1, 0.15) is 55.1 Å². The molecule has 1 aromatic heterocycles. The second-order valence-corrected chi connectivity index (χ2v) is 8.90. The number of amides is 1. The Labute approximate surface area is 175 Å². The zero-order valence-corrected chi connectivity index (χ0v) is 18.4. The number of nitrogens with one attached hydrogen (secondary N) is 1. The molecule has 0 spiro atoms. The fourth-order valence-corrected chi connectivity index (χ4v) is 4.86. The lowest BCUT2D eigenvalue weighted by Crippen LogP contribution is -2.20. The average Bonchev–Trinajstić information content (AvgIpc) is 3.01. The van der Waals surface area contributed by atoms with E-state index in [2.05, 4.69) is 22.0 Å². The van der Waals surface area contributed by atoms with Crippen molar-refractivity contribution >= 4 is 35.6 Å². The first-order valence-electron chi connectivity index (χ1n) is 9.72. The predicted molar refractivity (Wildman–Crippen MR) is 119 cm³/mol. The van der Waals surface area contributed by atoms with Crippen molar-refractivity contribution in [3.05, 3.63) is 41.2 Å². The Kier molecular flexibility index (Phi) is 7.62. The average molecular weight is 417 g/mol. The van der Waals surface area contributed by atoms with Crippen LogP contribution in [0.5, 0.6) is 0 Å². The van der Waals surface area contributed by atoms with Gasteiger partial charge in [0.1, 0.15) is 0 Å². The fraction of sp³-hybridized carbons (Fsp3) is 0.476. The number of carbonyl (C=O) groups excluding carboxylic acids is 1. The van der Waals surface area contributed by atoms with Gasteiger partial charge in [0.15, 0.2) is 5.16 Å². The summed E-state index contributed by atoms with van der Waals surface area (Å²) in [6, 6.07) is 8.58. The molecule has 150 valence electrons. The highest BCUT2D eigenvalue weighted by Gasteiger charge is 2.22. The van der Waals surface area contributed by atoms with Crippen LogP contribution in [0, 0.1) is 13.8 Å². The van der Waals surface area contributed by atoms with Crippen LogP contribution in [-0.2, 0) is 4.79 Å². The molecule has 1 amide bonds. The molecular formula is C21H28N4OS2. The number of benzene rings is 1. The molecular weight excluding hydrogens is 388 g/mol. The highest BCUT2D eigenvalue weighted by molar-refractivity contribution is 7.99. The molecule has 0 aliphatic heterocycles. The molecule has 2 aromatic rings. The minimum absolute atomic E-state index is 0.115. The number of aryl methyl sites for hydroxylation is 1. The molecule has 7 heteroatoms. The Balaban J connectivity index is 1.55. The van der Waals surface area contributed by atoms with Crippen LogP contribution < -0.4 is 5.43 Å². The summed E-state index contributed by atoms with van der Waals surface area (Å²) in [4.78, 5) is 18.1. The third-order valence-corrected chi connectivity index (χ3v) is 6.84. The largest absolute Gasteiger partial charge is 0.320 e. The molecule has 1 aliphatic carbocycles. The molecule has 28 heavy (non-hydrogen) atoms. The molecule has 1 fully saturated rings. The van der Waals surface area contributed by atoms with Gasteiger partial charge in [-0.25, -0.2) is 10.4 Å². The van der Waals surface area contributed by atoms with Gasteiger partial charge < -0.3 is 4.57 Å². The van der Waals surface area contributed by atoms with E-state index < -0.39 is 0 Å². The highest BCUT2D eigenvalue weighted by Crippen LogP contribution is 2.34. The van der Waals surface area contributed by atoms with E-state index in [9.17, 15) is 4.79 Å². The van der Waals surface area contributed by atoms with Gasteiger partial charge >= 0.3 is 0 Å². The Bertz CT molecular complexity index is 824. The molecule has 1 N–H and O–H groups in total. The van der Waals surface area contributed by atoms with Gasteiger partial charge in [-0.3, -0.25) is 4.79 Å². The number of carbonyl (C=O) groups is 1. The summed E-state index contributed by atoms with van der Waals surface area (Å²) in [6.07, 6.45) is 10.0. The maximum Gasteiger partial charge on any atom is 0.250 e. The summed E-state index contributed by atoms with van der Waals surface area (Å²) in [5, 5.41) is 5.02. The lowest BCUT2D eigenvalue weighted by atomic mass is 9.95. The Morgan fingerprint density at radius 3 is 2.64 bits per heavy atom. The SMILES string of the molecule is CSc1ccc(/C=N/NC(=O)CSc2nc(C)c(C)n2C2CCCCC2)cc1.